The average Bonchev–Trinajstić information content (AvgIpc) is 2.82. The number of thiophene rings is 1. The quantitative estimate of drug-likeness (QED) is 0.869. The second-order valence-corrected chi connectivity index (χ2v) is 7.22. The van der Waals surface area contributed by atoms with E-state index in [-0.39, 0.29) is 9.92 Å². The Hall–Kier alpha value is -0.880. The van der Waals surface area contributed by atoms with Gasteiger partial charge in [-0.25, -0.2) is 8.42 Å². The average molecular weight is 302 g/mol. The topological polar surface area (TPSA) is 37.4 Å². The first-order valence-electron chi connectivity index (χ1n) is 5.25. The predicted octanol–water partition coefficient (Wildman–Crippen LogP) is 3.22. The van der Waals surface area contributed by atoms with Crippen LogP contribution in [0.5, 0.6) is 0 Å². The fraction of sp³-hybridized carbons (Fsp3) is 0.167. The molecule has 0 atom stereocenters. The van der Waals surface area contributed by atoms with Crippen LogP contribution in [0.1, 0.15) is 4.88 Å². The molecule has 0 saturated heterocycles. The van der Waals surface area contributed by atoms with Gasteiger partial charge in [0, 0.05) is 18.5 Å². The lowest BCUT2D eigenvalue weighted by atomic mass is 10.4. The Kier molecular flexibility index (Phi) is 4.07. The van der Waals surface area contributed by atoms with Crippen molar-refractivity contribution in [3.63, 3.8) is 0 Å². The van der Waals surface area contributed by atoms with Gasteiger partial charge < -0.3 is 0 Å². The van der Waals surface area contributed by atoms with Crippen molar-refractivity contribution in [1.82, 2.24) is 4.31 Å². The fourth-order valence-electron chi connectivity index (χ4n) is 1.53. The van der Waals surface area contributed by atoms with Gasteiger partial charge >= 0.3 is 0 Å². The number of sulfonamides is 1. The van der Waals surface area contributed by atoms with Crippen molar-refractivity contribution in [2.24, 2.45) is 0 Å². The molecule has 18 heavy (non-hydrogen) atoms. The molecule has 0 aliphatic carbocycles. The molecule has 0 aliphatic rings. The second-order valence-electron chi connectivity index (χ2n) is 3.77. The molecule has 0 aliphatic heterocycles. The van der Waals surface area contributed by atoms with Crippen molar-refractivity contribution in [2.75, 3.05) is 7.05 Å². The minimum Gasteiger partial charge on any atom is -0.207 e. The number of benzene rings is 1. The highest BCUT2D eigenvalue weighted by Crippen LogP contribution is 2.25. The largest absolute Gasteiger partial charge is 0.244 e. The van der Waals surface area contributed by atoms with Crippen LogP contribution < -0.4 is 0 Å². The van der Waals surface area contributed by atoms with Crippen molar-refractivity contribution < 1.29 is 8.42 Å². The highest BCUT2D eigenvalue weighted by Gasteiger charge is 2.23. The SMILES string of the molecule is CN(Cc1cccs1)S(=O)(=O)c1ccccc1Cl. The van der Waals surface area contributed by atoms with Crippen molar-refractivity contribution in [3.05, 3.63) is 51.7 Å². The Labute approximate surface area is 116 Å². The number of nitrogens with zero attached hydrogens (tertiary/aromatic N) is 1. The first kappa shape index (κ1) is 13.5. The van der Waals surface area contributed by atoms with Gasteiger partial charge in [0.1, 0.15) is 4.90 Å². The fourth-order valence-corrected chi connectivity index (χ4v) is 4.01. The van der Waals surface area contributed by atoms with Crippen LogP contribution in [0.25, 0.3) is 0 Å². The summed E-state index contributed by atoms with van der Waals surface area (Å²) in [6.45, 7) is 0.352. The van der Waals surface area contributed by atoms with Gasteiger partial charge in [-0.1, -0.05) is 29.8 Å². The molecule has 0 bridgehead atoms. The zero-order chi connectivity index (χ0) is 13.2. The molecule has 3 nitrogen and oxygen atoms in total. The third kappa shape index (κ3) is 2.75. The molecular weight excluding hydrogens is 290 g/mol. The Morgan fingerprint density at radius 1 is 1.22 bits per heavy atom. The van der Waals surface area contributed by atoms with Crippen LogP contribution in [0.15, 0.2) is 46.7 Å². The van der Waals surface area contributed by atoms with E-state index in [1.54, 1.807) is 25.2 Å². The summed E-state index contributed by atoms with van der Waals surface area (Å²) in [5, 5.41) is 2.17. The van der Waals surface area contributed by atoms with E-state index < -0.39 is 10.0 Å². The highest BCUT2D eigenvalue weighted by atomic mass is 35.5. The van der Waals surface area contributed by atoms with Crippen molar-refractivity contribution in [3.8, 4) is 0 Å². The maximum absolute atomic E-state index is 12.3. The summed E-state index contributed by atoms with van der Waals surface area (Å²) in [5.41, 5.74) is 0. The minimum atomic E-state index is -3.54. The summed E-state index contributed by atoms with van der Waals surface area (Å²) >= 11 is 7.46. The van der Waals surface area contributed by atoms with Gasteiger partial charge in [-0.05, 0) is 23.6 Å². The molecule has 2 rings (SSSR count). The number of hydrogen-bond acceptors (Lipinski definition) is 3. The maximum atomic E-state index is 12.3. The lowest BCUT2D eigenvalue weighted by Gasteiger charge is -2.17. The first-order chi connectivity index (χ1) is 8.51. The van der Waals surface area contributed by atoms with E-state index in [0.717, 1.165) is 4.88 Å². The van der Waals surface area contributed by atoms with Gasteiger partial charge in [0.25, 0.3) is 0 Å². The molecule has 6 heteroatoms. The third-order valence-corrected chi connectivity index (χ3v) is 5.65. The number of rotatable bonds is 4. The zero-order valence-electron chi connectivity index (χ0n) is 9.71. The lowest BCUT2D eigenvalue weighted by molar-refractivity contribution is 0.469. The van der Waals surface area contributed by atoms with Gasteiger partial charge in [0.05, 0.1) is 5.02 Å². The summed E-state index contributed by atoms with van der Waals surface area (Å²) in [4.78, 5) is 1.14. The van der Waals surface area contributed by atoms with E-state index in [1.165, 1.54) is 21.7 Å². The molecule has 0 saturated carbocycles. The Balaban J connectivity index is 2.29. The molecule has 0 spiro atoms. The Morgan fingerprint density at radius 3 is 2.56 bits per heavy atom. The predicted molar refractivity (Wildman–Crippen MR) is 74.4 cm³/mol. The Bertz CT molecular complexity index is 623. The van der Waals surface area contributed by atoms with Gasteiger partial charge in [0.15, 0.2) is 0 Å². The highest BCUT2D eigenvalue weighted by molar-refractivity contribution is 7.89. The van der Waals surface area contributed by atoms with Crippen molar-refractivity contribution in [1.29, 1.82) is 0 Å². The van der Waals surface area contributed by atoms with Gasteiger partial charge in [-0.3, -0.25) is 0 Å². The van der Waals surface area contributed by atoms with Crippen LogP contribution in [-0.2, 0) is 16.6 Å². The monoisotopic (exact) mass is 301 g/mol. The summed E-state index contributed by atoms with van der Waals surface area (Å²) in [7, 11) is -1.98. The van der Waals surface area contributed by atoms with Gasteiger partial charge in [-0.2, -0.15) is 4.31 Å². The van der Waals surface area contributed by atoms with E-state index in [9.17, 15) is 8.42 Å². The molecule has 0 N–H and O–H groups in total. The molecule has 1 heterocycles. The van der Waals surface area contributed by atoms with Crippen LogP contribution >= 0.6 is 22.9 Å². The molecular formula is C12H12ClNO2S2. The van der Waals surface area contributed by atoms with Crippen LogP contribution in [0.3, 0.4) is 0 Å². The van der Waals surface area contributed by atoms with E-state index >= 15 is 0 Å². The Morgan fingerprint density at radius 2 is 1.94 bits per heavy atom. The first-order valence-corrected chi connectivity index (χ1v) is 7.95. The van der Waals surface area contributed by atoms with E-state index in [0.29, 0.717) is 6.54 Å². The molecule has 96 valence electrons. The standard InChI is InChI=1S/C12H12ClNO2S2/c1-14(9-10-5-4-8-17-10)18(15,16)12-7-3-2-6-11(12)13/h2-8H,9H2,1H3. The smallest absolute Gasteiger partial charge is 0.207 e. The maximum Gasteiger partial charge on any atom is 0.244 e. The molecule has 1 aromatic carbocycles. The number of hydrogen-bond donors (Lipinski definition) is 0. The molecule has 0 radical (unpaired) electrons. The third-order valence-electron chi connectivity index (χ3n) is 2.48. The molecule has 1 aromatic heterocycles. The molecule has 0 fully saturated rings. The lowest BCUT2D eigenvalue weighted by Crippen LogP contribution is -2.26. The van der Waals surface area contributed by atoms with E-state index in [1.807, 2.05) is 17.5 Å². The van der Waals surface area contributed by atoms with Crippen LogP contribution in [0.2, 0.25) is 5.02 Å². The summed E-state index contributed by atoms with van der Waals surface area (Å²) in [6, 6.07) is 10.3. The zero-order valence-corrected chi connectivity index (χ0v) is 12.1. The van der Waals surface area contributed by atoms with E-state index in [2.05, 4.69) is 0 Å². The molecule has 0 unspecified atom stereocenters. The van der Waals surface area contributed by atoms with Crippen LogP contribution in [0.4, 0.5) is 0 Å². The normalized spacial score (nSPS) is 11.9. The van der Waals surface area contributed by atoms with Crippen molar-refractivity contribution in [2.45, 2.75) is 11.4 Å². The molecule has 2 aromatic rings. The summed E-state index contributed by atoms with van der Waals surface area (Å²) < 4.78 is 26.0. The molecule has 0 amide bonds. The van der Waals surface area contributed by atoms with Gasteiger partial charge in [0.2, 0.25) is 10.0 Å². The van der Waals surface area contributed by atoms with Gasteiger partial charge in [-0.15, -0.1) is 11.3 Å². The van der Waals surface area contributed by atoms with Crippen molar-refractivity contribution >= 4 is 33.0 Å². The van der Waals surface area contributed by atoms with Crippen LogP contribution in [0, 0.1) is 0 Å². The minimum absolute atomic E-state index is 0.144. The summed E-state index contributed by atoms with van der Waals surface area (Å²) in [5.74, 6) is 0. The second kappa shape index (κ2) is 5.40. The van der Waals surface area contributed by atoms with Crippen LogP contribution in [-0.4, -0.2) is 19.8 Å². The summed E-state index contributed by atoms with van der Waals surface area (Å²) in [6.07, 6.45) is 0. The number of halogens is 1. The van der Waals surface area contributed by atoms with E-state index in [4.69, 9.17) is 11.6 Å².